The van der Waals surface area contributed by atoms with Crippen molar-refractivity contribution in [2.24, 2.45) is 5.73 Å². The highest BCUT2D eigenvalue weighted by molar-refractivity contribution is 7.98. The summed E-state index contributed by atoms with van der Waals surface area (Å²) in [5, 5.41) is 0. The van der Waals surface area contributed by atoms with Gasteiger partial charge in [-0.2, -0.15) is 11.8 Å². The van der Waals surface area contributed by atoms with E-state index in [9.17, 15) is 4.39 Å². The third-order valence-corrected chi connectivity index (χ3v) is 3.20. The lowest BCUT2D eigenvalue weighted by Crippen LogP contribution is -2.21. The van der Waals surface area contributed by atoms with Gasteiger partial charge in [-0.05, 0) is 37.1 Å². The second-order valence-electron chi connectivity index (χ2n) is 3.94. The SMILES string of the molecule is CSCCN(C)Cc1cc(F)cc(C(N)=S)c1. The Bertz CT molecular complexity index is 396. The zero-order valence-corrected chi connectivity index (χ0v) is 11.7. The average molecular weight is 272 g/mol. The molecule has 17 heavy (non-hydrogen) atoms. The van der Waals surface area contributed by atoms with E-state index >= 15 is 0 Å². The van der Waals surface area contributed by atoms with Crippen LogP contribution in [0.25, 0.3) is 0 Å². The number of thioether (sulfide) groups is 1. The number of rotatable bonds is 6. The zero-order chi connectivity index (χ0) is 12.8. The maximum absolute atomic E-state index is 13.4. The van der Waals surface area contributed by atoms with Gasteiger partial charge < -0.3 is 10.6 Å². The average Bonchev–Trinajstić information content (AvgIpc) is 2.25. The fourth-order valence-electron chi connectivity index (χ4n) is 1.52. The molecule has 0 aliphatic heterocycles. The first-order valence-electron chi connectivity index (χ1n) is 5.29. The summed E-state index contributed by atoms with van der Waals surface area (Å²) in [7, 11) is 2.02. The fourth-order valence-corrected chi connectivity index (χ4v) is 2.13. The van der Waals surface area contributed by atoms with Crippen molar-refractivity contribution < 1.29 is 4.39 Å². The lowest BCUT2D eigenvalue weighted by atomic mass is 10.1. The van der Waals surface area contributed by atoms with E-state index in [1.807, 2.05) is 13.1 Å². The first kappa shape index (κ1) is 14.4. The van der Waals surface area contributed by atoms with Crippen LogP contribution < -0.4 is 5.73 Å². The Kier molecular flexibility index (Phi) is 5.88. The number of halogens is 1. The van der Waals surface area contributed by atoms with Crippen molar-refractivity contribution in [3.05, 3.63) is 35.1 Å². The van der Waals surface area contributed by atoms with Crippen molar-refractivity contribution in [2.75, 3.05) is 25.6 Å². The molecule has 0 saturated carbocycles. The van der Waals surface area contributed by atoms with Gasteiger partial charge in [0, 0.05) is 24.4 Å². The molecule has 0 radical (unpaired) electrons. The first-order chi connectivity index (χ1) is 8.02. The van der Waals surface area contributed by atoms with Gasteiger partial charge in [-0.25, -0.2) is 4.39 Å². The summed E-state index contributed by atoms with van der Waals surface area (Å²) in [6.45, 7) is 1.67. The molecule has 2 nitrogen and oxygen atoms in total. The van der Waals surface area contributed by atoms with E-state index in [1.165, 1.54) is 12.1 Å². The highest BCUT2D eigenvalue weighted by Gasteiger charge is 2.05. The highest BCUT2D eigenvalue weighted by atomic mass is 32.2. The minimum absolute atomic E-state index is 0.234. The van der Waals surface area contributed by atoms with Crippen LogP contribution in [0.3, 0.4) is 0 Å². The molecule has 0 bridgehead atoms. The molecule has 1 aromatic rings. The van der Waals surface area contributed by atoms with Gasteiger partial charge >= 0.3 is 0 Å². The minimum atomic E-state index is -0.288. The Balaban J connectivity index is 2.73. The van der Waals surface area contributed by atoms with Crippen molar-refractivity contribution in [3.8, 4) is 0 Å². The second kappa shape index (κ2) is 6.93. The van der Waals surface area contributed by atoms with E-state index < -0.39 is 0 Å². The van der Waals surface area contributed by atoms with Crippen molar-refractivity contribution in [1.29, 1.82) is 0 Å². The summed E-state index contributed by atoms with van der Waals surface area (Å²) < 4.78 is 13.4. The molecule has 1 rings (SSSR count). The monoisotopic (exact) mass is 272 g/mol. The maximum atomic E-state index is 13.4. The quantitative estimate of drug-likeness (QED) is 0.804. The van der Waals surface area contributed by atoms with Crippen LogP contribution in [0.2, 0.25) is 0 Å². The van der Waals surface area contributed by atoms with Gasteiger partial charge in [-0.15, -0.1) is 0 Å². The van der Waals surface area contributed by atoms with E-state index in [1.54, 1.807) is 11.8 Å². The molecule has 0 aliphatic rings. The van der Waals surface area contributed by atoms with Crippen molar-refractivity contribution >= 4 is 29.0 Å². The Morgan fingerprint density at radius 2 is 2.18 bits per heavy atom. The number of hydrogen-bond acceptors (Lipinski definition) is 3. The third kappa shape index (κ3) is 5.02. The molecule has 0 saturated heterocycles. The van der Waals surface area contributed by atoms with Gasteiger partial charge in [0.25, 0.3) is 0 Å². The molecule has 94 valence electrons. The van der Waals surface area contributed by atoms with Gasteiger partial charge in [0.1, 0.15) is 10.8 Å². The van der Waals surface area contributed by atoms with Crippen LogP contribution in [-0.2, 0) is 6.54 Å². The Morgan fingerprint density at radius 3 is 2.76 bits per heavy atom. The largest absolute Gasteiger partial charge is 0.389 e. The number of nitrogens with zero attached hydrogens (tertiary/aromatic N) is 1. The lowest BCUT2D eigenvalue weighted by Gasteiger charge is -2.16. The maximum Gasteiger partial charge on any atom is 0.124 e. The van der Waals surface area contributed by atoms with E-state index in [2.05, 4.69) is 11.2 Å². The van der Waals surface area contributed by atoms with Gasteiger partial charge in [0.15, 0.2) is 0 Å². The van der Waals surface area contributed by atoms with Gasteiger partial charge in [-0.3, -0.25) is 0 Å². The van der Waals surface area contributed by atoms with Crippen LogP contribution >= 0.6 is 24.0 Å². The summed E-state index contributed by atoms with van der Waals surface area (Å²) >= 11 is 6.65. The summed E-state index contributed by atoms with van der Waals surface area (Å²) in [4.78, 5) is 2.38. The Morgan fingerprint density at radius 1 is 1.47 bits per heavy atom. The van der Waals surface area contributed by atoms with Gasteiger partial charge in [0.05, 0.1) is 0 Å². The lowest BCUT2D eigenvalue weighted by molar-refractivity contribution is 0.348. The topological polar surface area (TPSA) is 29.3 Å². The van der Waals surface area contributed by atoms with Crippen molar-refractivity contribution in [3.63, 3.8) is 0 Å². The smallest absolute Gasteiger partial charge is 0.124 e. The Hall–Kier alpha value is -0.650. The summed E-state index contributed by atoms with van der Waals surface area (Å²) in [6.07, 6.45) is 2.07. The Labute approximate surface area is 111 Å². The molecule has 0 fully saturated rings. The van der Waals surface area contributed by atoms with Gasteiger partial charge in [0.2, 0.25) is 0 Å². The fraction of sp³-hybridized carbons (Fsp3) is 0.417. The molecule has 0 amide bonds. The molecular formula is C12H17FN2S2. The van der Waals surface area contributed by atoms with Crippen molar-refractivity contribution in [2.45, 2.75) is 6.54 Å². The van der Waals surface area contributed by atoms with Gasteiger partial charge in [-0.1, -0.05) is 12.2 Å². The predicted molar refractivity (Wildman–Crippen MR) is 77.0 cm³/mol. The van der Waals surface area contributed by atoms with E-state index in [0.29, 0.717) is 12.1 Å². The summed E-state index contributed by atoms with van der Waals surface area (Å²) in [5.74, 6) is 0.775. The third-order valence-electron chi connectivity index (χ3n) is 2.37. The van der Waals surface area contributed by atoms with Crippen LogP contribution in [0, 0.1) is 5.82 Å². The predicted octanol–water partition coefficient (Wildman–Crippen LogP) is 2.25. The van der Waals surface area contributed by atoms with Crippen LogP contribution in [0.4, 0.5) is 4.39 Å². The van der Waals surface area contributed by atoms with E-state index in [-0.39, 0.29) is 10.8 Å². The van der Waals surface area contributed by atoms with Crippen LogP contribution in [0.5, 0.6) is 0 Å². The van der Waals surface area contributed by atoms with Crippen molar-refractivity contribution in [1.82, 2.24) is 4.90 Å². The van der Waals surface area contributed by atoms with E-state index in [0.717, 1.165) is 17.9 Å². The molecule has 0 heterocycles. The number of thiocarbonyl (C=S) groups is 1. The molecule has 0 unspecified atom stereocenters. The molecule has 2 N–H and O–H groups in total. The van der Waals surface area contributed by atoms with E-state index in [4.69, 9.17) is 18.0 Å². The van der Waals surface area contributed by atoms with Crippen LogP contribution in [0.1, 0.15) is 11.1 Å². The number of hydrogen-bond donors (Lipinski definition) is 1. The molecular weight excluding hydrogens is 255 g/mol. The second-order valence-corrected chi connectivity index (χ2v) is 5.37. The molecule has 0 spiro atoms. The zero-order valence-electron chi connectivity index (χ0n) is 10.1. The molecule has 1 aromatic carbocycles. The normalized spacial score (nSPS) is 10.8. The number of nitrogens with two attached hydrogens (primary N) is 1. The summed E-state index contributed by atoms with van der Waals surface area (Å²) in [5.41, 5.74) is 7.00. The standard InChI is InChI=1S/C12H17FN2S2/c1-15(3-4-17-2)8-9-5-10(12(14)16)7-11(13)6-9/h5-7H,3-4,8H2,1-2H3,(H2,14,16). The minimum Gasteiger partial charge on any atom is -0.389 e. The highest BCUT2D eigenvalue weighted by Crippen LogP contribution is 2.11. The first-order valence-corrected chi connectivity index (χ1v) is 7.10. The number of benzene rings is 1. The molecule has 5 heteroatoms. The van der Waals surface area contributed by atoms with Crippen LogP contribution in [0.15, 0.2) is 18.2 Å². The molecule has 0 atom stereocenters. The molecule has 0 aliphatic carbocycles. The summed E-state index contributed by atoms with van der Waals surface area (Å²) in [6, 6.07) is 4.74. The molecule has 0 aromatic heterocycles. The van der Waals surface area contributed by atoms with Crippen LogP contribution in [-0.4, -0.2) is 35.5 Å².